The molecule has 0 amide bonds. The summed E-state index contributed by atoms with van der Waals surface area (Å²) in [5.74, 6) is 1.27. The molecule has 0 saturated heterocycles. The van der Waals surface area contributed by atoms with Crippen LogP contribution in [0.4, 0.5) is 0 Å². The lowest BCUT2D eigenvalue weighted by Crippen LogP contribution is -2.26. The maximum atomic E-state index is 6.00. The smallest absolute Gasteiger partial charge is 0.00821 e. The van der Waals surface area contributed by atoms with E-state index in [1.165, 1.54) is 17.5 Å². The molecular weight excluding hydrogens is 158 g/mol. The van der Waals surface area contributed by atoms with Crippen LogP contribution >= 0.6 is 0 Å². The highest BCUT2D eigenvalue weighted by atomic mass is 14.6. The summed E-state index contributed by atoms with van der Waals surface area (Å²) in [5.41, 5.74) is 8.98. The quantitative estimate of drug-likeness (QED) is 0.696. The molecule has 3 atom stereocenters. The van der Waals surface area contributed by atoms with E-state index in [0.29, 0.717) is 11.8 Å². The average molecular weight is 175 g/mol. The van der Waals surface area contributed by atoms with Crippen molar-refractivity contribution in [3.63, 3.8) is 0 Å². The lowest BCUT2D eigenvalue weighted by molar-refractivity contribution is 0.439. The maximum absolute atomic E-state index is 6.00. The Morgan fingerprint density at radius 2 is 2.08 bits per heavy atom. The molecule has 0 heterocycles. The summed E-state index contributed by atoms with van der Waals surface area (Å²) in [6.45, 7) is 4.41. The summed E-state index contributed by atoms with van der Waals surface area (Å²) in [6.07, 6.45) is 1.20. The molecule has 1 aromatic rings. The average Bonchev–Trinajstić information content (AvgIpc) is 2.39. The van der Waals surface area contributed by atoms with E-state index in [9.17, 15) is 0 Å². The van der Waals surface area contributed by atoms with Gasteiger partial charge >= 0.3 is 0 Å². The minimum absolute atomic E-state index is 0.277. The largest absolute Gasteiger partial charge is 0.327 e. The van der Waals surface area contributed by atoms with Crippen LogP contribution in [0.3, 0.4) is 0 Å². The SMILES string of the molecule is CC(N)C1c2ccccc2CC1C. The van der Waals surface area contributed by atoms with Crippen molar-refractivity contribution in [3.05, 3.63) is 35.4 Å². The van der Waals surface area contributed by atoms with E-state index in [2.05, 4.69) is 38.1 Å². The molecule has 2 N–H and O–H groups in total. The molecule has 0 aliphatic heterocycles. The Kier molecular flexibility index (Phi) is 2.12. The van der Waals surface area contributed by atoms with E-state index < -0.39 is 0 Å². The van der Waals surface area contributed by atoms with Crippen molar-refractivity contribution in [3.8, 4) is 0 Å². The molecule has 0 aromatic heterocycles. The second kappa shape index (κ2) is 3.15. The molecular formula is C12H17N. The lowest BCUT2D eigenvalue weighted by Gasteiger charge is -2.20. The number of rotatable bonds is 1. The van der Waals surface area contributed by atoms with Crippen LogP contribution in [0.1, 0.15) is 30.9 Å². The van der Waals surface area contributed by atoms with Crippen molar-refractivity contribution in [1.29, 1.82) is 0 Å². The number of hydrogen-bond donors (Lipinski definition) is 1. The van der Waals surface area contributed by atoms with Crippen LogP contribution in [0.15, 0.2) is 24.3 Å². The van der Waals surface area contributed by atoms with Gasteiger partial charge in [-0.15, -0.1) is 0 Å². The van der Waals surface area contributed by atoms with E-state index in [1.54, 1.807) is 0 Å². The van der Waals surface area contributed by atoms with Crippen molar-refractivity contribution in [2.45, 2.75) is 32.2 Å². The van der Waals surface area contributed by atoms with Crippen LogP contribution in [-0.2, 0) is 6.42 Å². The molecule has 1 aliphatic carbocycles. The normalized spacial score (nSPS) is 28.5. The standard InChI is InChI=1S/C12H17N/c1-8-7-10-5-3-4-6-11(10)12(8)9(2)13/h3-6,8-9,12H,7,13H2,1-2H3. The van der Waals surface area contributed by atoms with Gasteiger partial charge in [0.15, 0.2) is 0 Å². The molecule has 0 bridgehead atoms. The summed E-state index contributed by atoms with van der Waals surface area (Å²) in [6, 6.07) is 8.97. The lowest BCUT2D eigenvalue weighted by atomic mass is 9.88. The van der Waals surface area contributed by atoms with Gasteiger partial charge in [0.05, 0.1) is 0 Å². The van der Waals surface area contributed by atoms with Gasteiger partial charge in [-0.05, 0) is 30.4 Å². The first-order valence-electron chi connectivity index (χ1n) is 5.03. The second-order valence-corrected chi connectivity index (χ2v) is 4.27. The van der Waals surface area contributed by atoms with E-state index >= 15 is 0 Å². The van der Waals surface area contributed by atoms with E-state index in [1.807, 2.05) is 0 Å². The van der Waals surface area contributed by atoms with Gasteiger partial charge in [-0.2, -0.15) is 0 Å². The highest BCUT2D eigenvalue weighted by Crippen LogP contribution is 2.38. The number of hydrogen-bond acceptors (Lipinski definition) is 1. The maximum Gasteiger partial charge on any atom is 0.00821 e. The third kappa shape index (κ3) is 1.37. The van der Waals surface area contributed by atoms with Gasteiger partial charge in [-0.25, -0.2) is 0 Å². The van der Waals surface area contributed by atoms with Crippen LogP contribution in [-0.4, -0.2) is 6.04 Å². The Hall–Kier alpha value is -0.820. The second-order valence-electron chi connectivity index (χ2n) is 4.27. The van der Waals surface area contributed by atoms with E-state index in [4.69, 9.17) is 5.73 Å². The van der Waals surface area contributed by atoms with Gasteiger partial charge in [-0.3, -0.25) is 0 Å². The molecule has 1 aromatic carbocycles. The third-order valence-electron chi connectivity index (χ3n) is 3.14. The zero-order valence-electron chi connectivity index (χ0n) is 8.33. The molecule has 13 heavy (non-hydrogen) atoms. The Morgan fingerprint density at radius 3 is 2.77 bits per heavy atom. The van der Waals surface area contributed by atoms with Gasteiger partial charge in [0, 0.05) is 12.0 Å². The number of nitrogens with two attached hydrogens (primary N) is 1. The third-order valence-corrected chi connectivity index (χ3v) is 3.14. The zero-order chi connectivity index (χ0) is 9.42. The predicted octanol–water partition coefficient (Wildman–Crippen LogP) is 2.31. The minimum atomic E-state index is 0.277. The first kappa shape index (κ1) is 8.76. The fraction of sp³-hybridized carbons (Fsp3) is 0.500. The summed E-state index contributed by atoms with van der Waals surface area (Å²) >= 11 is 0. The Morgan fingerprint density at radius 1 is 1.38 bits per heavy atom. The topological polar surface area (TPSA) is 26.0 Å². The van der Waals surface area contributed by atoms with Crippen LogP contribution in [0.2, 0.25) is 0 Å². The van der Waals surface area contributed by atoms with Gasteiger partial charge in [-0.1, -0.05) is 31.2 Å². The first-order valence-corrected chi connectivity index (χ1v) is 5.03. The monoisotopic (exact) mass is 175 g/mol. The van der Waals surface area contributed by atoms with Gasteiger partial charge in [0.1, 0.15) is 0 Å². The predicted molar refractivity (Wildman–Crippen MR) is 55.7 cm³/mol. The molecule has 0 fully saturated rings. The molecule has 1 nitrogen and oxygen atoms in total. The first-order chi connectivity index (χ1) is 6.20. The van der Waals surface area contributed by atoms with Gasteiger partial charge < -0.3 is 5.73 Å². The summed E-state index contributed by atoms with van der Waals surface area (Å²) < 4.78 is 0. The Labute approximate surface area is 80.0 Å². The highest BCUT2D eigenvalue weighted by molar-refractivity contribution is 5.36. The fourth-order valence-electron chi connectivity index (χ4n) is 2.63. The summed E-state index contributed by atoms with van der Waals surface area (Å²) in [7, 11) is 0. The molecule has 70 valence electrons. The summed E-state index contributed by atoms with van der Waals surface area (Å²) in [5, 5.41) is 0. The number of fused-ring (bicyclic) bond motifs is 1. The van der Waals surface area contributed by atoms with Crippen molar-refractivity contribution in [1.82, 2.24) is 0 Å². The van der Waals surface area contributed by atoms with Gasteiger partial charge in [0.25, 0.3) is 0 Å². The van der Waals surface area contributed by atoms with E-state index in [0.717, 1.165) is 0 Å². The van der Waals surface area contributed by atoms with Crippen LogP contribution in [0.25, 0.3) is 0 Å². The van der Waals surface area contributed by atoms with Crippen molar-refractivity contribution in [2.24, 2.45) is 11.7 Å². The Bertz CT molecular complexity index is 304. The van der Waals surface area contributed by atoms with E-state index in [-0.39, 0.29) is 6.04 Å². The summed E-state index contributed by atoms with van der Waals surface area (Å²) in [4.78, 5) is 0. The minimum Gasteiger partial charge on any atom is -0.327 e. The highest BCUT2D eigenvalue weighted by Gasteiger charge is 2.31. The van der Waals surface area contributed by atoms with Crippen LogP contribution in [0, 0.1) is 5.92 Å². The van der Waals surface area contributed by atoms with Crippen LogP contribution < -0.4 is 5.73 Å². The van der Waals surface area contributed by atoms with Crippen LogP contribution in [0.5, 0.6) is 0 Å². The molecule has 0 radical (unpaired) electrons. The fourth-order valence-corrected chi connectivity index (χ4v) is 2.63. The molecule has 3 unspecified atom stereocenters. The van der Waals surface area contributed by atoms with Crippen molar-refractivity contribution < 1.29 is 0 Å². The molecule has 0 spiro atoms. The molecule has 0 saturated carbocycles. The molecule has 1 aliphatic rings. The molecule has 2 rings (SSSR count). The molecule has 1 heteroatoms. The van der Waals surface area contributed by atoms with Gasteiger partial charge in [0.2, 0.25) is 0 Å². The number of benzene rings is 1. The Balaban J connectivity index is 2.40. The van der Waals surface area contributed by atoms with Crippen molar-refractivity contribution in [2.75, 3.05) is 0 Å². The zero-order valence-corrected chi connectivity index (χ0v) is 8.33. The van der Waals surface area contributed by atoms with Crippen molar-refractivity contribution >= 4 is 0 Å².